The van der Waals surface area contributed by atoms with Gasteiger partial charge in [0.2, 0.25) is 17.6 Å². The zero-order valence-electron chi connectivity index (χ0n) is 24.0. The Labute approximate surface area is 244 Å². The molecule has 11 heteroatoms. The van der Waals surface area contributed by atoms with Gasteiger partial charge >= 0.3 is 0 Å². The molecule has 4 amide bonds. The molecule has 0 unspecified atom stereocenters. The van der Waals surface area contributed by atoms with Gasteiger partial charge in [-0.1, -0.05) is 42.5 Å². The zero-order valence-corrected chi connectivity index (χ0v) is 24.0. The maximum Gasteiger partial charge on any atom is 0.290 e. The number of hydrogen-bond donors (Lipinski definition) is 4. The number of amides is 4. The Balaban J connectivity index is 1.58. The van der Waals surface area contributed by atoms with E-state index >= 15 is 0 Å². The molecule has 11 nitrogen and oxygen atoms in total. The molecule has 0 aliphatic carbocycles. The van der Waals surface area contributed by atoms with Crippen LogP contribution in [0.2, 0.25) is 0 Å². The molecule has 0 bridgehead atoms. The molecule has 1 aliphatic rings. The number of fused-ring (bicyclic) bond motifs is 1. The quantitative estimate of drug-likeness (QED) is 0.270. The molecule has 2 heterocycles. The monoisotopic (exact) mass is 572 g/mol. The summed E-state index contributed by atoms with van der Waals surface area (Å²) in [5.41, 5.74) is 1.25. The first kappa shape index (κ1) is 30.3. The van der Waals surface area contributed by atoms with Crippen LogP contribution in [0.15, 0.2) is 60.8 Å². The van der Waals surface area contributed by atoms with Crippen molar-refractivity contribution in [3.63, 3.8) is 0 Å². The van der Waals surface area contributed by atoms with Crippen molar-refractivity contribution in [2.45, 2.75) is 64.1 Å². The van der Waals surface area contributed by atoms with Crippen LogP contribution in [-0.4, -0.2) is 63.5 Å². The van der Waals surface area contributed by atoms with Gasteiger partial charge in [-0.25, -0.2) is 4.98 Å². The van der Waals surface area contributed by atoms with Crippen molar-refractivity contribution in [3.05, 3.63) is 72.1 Å². The lowest BCUT2D eigenvalue weighted by Crippen LogP contribution is -2.57. The fourth-order valence-electron chi connectivity index (χ4n) is 4.77. The smallest absolute Gasteiger partial charge is 0.290 e. The first-order chi connectivity index (χ1) is 20.0. The minimum absolute atomic E-state index is 0.0237. The number of nitrogens with zero attached hydrogens (tertiary/aromatic N) is 2. The highest BCUT2D eigenvalue weighted by molar-refractivity contribution is 6.38. The van der Waals surface area contributed by atoms with E-state index in [1.54, 1.807) is 39.0 Å². The Morgan fingerprint density at radius 3 is 2.33 bits per heavy atom. The van der Waals surface area contributed by atoms with Crippen molar-refractivity contribution < 1.29 is 24.0 Å². The number of hydrogen-bond acceptors (Lipinski definition) is 7. The predicted molar refractivity (Wildman–Crippen MR) is 156 cm³/mol. The van der Waals surface area contributed by atoms with Gasteiger partial charge in [0.25, 0.3) is 11.8 Å². The van der Waals surface area contributed by atoms with Crippen LogP contribution in [0, 0.1) is 5.92 Å². The first-order valence-electron chi connectivity index (χ1n) is 14.0. The summed E-state index contributed by atoms with van der Waals surface area (Å²) in [6.07, 6.45) is 2.64. The van der Waals surface area contributed by atoms with E-state index in [1.807, 2.05) is 36.4 Å². The van der Waals surface area contributed by atoms with Gasteiger partial charge in [0.1, 0.15) is 11.7 Å². The number of piperidine rings is 1. The van der Waals surface area contributed by atoms with E-state index in [1.165, 1.54) is 6.20 Å². The maximum atomic E-state index is 13.7. The molecular formula is C31H36N6O5. The molecule has 1 saturated heterocycles. The van der Waals surface area contributed by atoms with E-state index in [0.29, 0.717) is 24.0 Å². The molecule has 42 heavy (non-hydrogen) atoms. The number of carbonyl (C=O) groups is 5. The van der Waals surface area contributed by atoms with Crippen LogP contribution in [0.4, 0.5) is 0 Å². The second-order valence-electron chi connectivity index (χ2n) is 11.5. The number of para-hydroxylation sites is 2. The number of aromatic nitrogens is 2. The van der Waals surface area contributed by atoms with Gasteiger partial charge in [-0.3, -0.25) is 29.0 Å². The van der Waals surface area contributed by atoms with E-state index in [-0.39, 0.29) is 24.4 Å². The number of rotatable bonds is 10. The third-order valence-electron chi connectivity index (χ3n) is 6.85. The van der Waals surface area contributed by atoms with Crippen LogP contribution in [0.25, 0.3) is 11.0 Å². The summed E-state index contributed by atoms with van der Waals surface area (Å²) >= 11 is 0. The third kappa shape index (κ3) is 8.18. The summed E-state index contributed by atoms with van der Waals surface area (Å²) in [5.74, 6) is -3.79. The molecular weight excluding hydrogens is 536 g/mol. The number of carbonyl (C=O) groups excluding carboxylic acids is 5. The van der Waals surface area contributed by atoms with Gasteiger partial charge in [-0.15, -0.1) is 0 Å². The van der Waals surface area contributed by atoms with Crippen molar-refractivity contribution in [1.29, 1.82) is 0 Å². The summed E-state index contributed by atoms with van der Waals surface area (Å²) in [6.45, 7) is 5.75. The highest BCUT2D eigenvalue weighted by atomic mass is 16.2. The van der Waals surface area contributed by atoms with Crippen molar-refractivity contribution >= 4 is 40.4 Å². The van der Waals surface area contributed by atoms with Crippen molar-refractivity contribution in [2.24, 2.45) is 5.92 Å². The second-order valence-corrected chi connectivity index (χ2v) is 11.5. The number of benzene rings is 2. The average molecular weight is 573 g/mol. The van der Waals surface area contributed by atoms with E-state index in [4.69, 9.17) is 0 Å². The molecule has 4 rings (SSSR count). The van der Waals surface area contributed by atoms with Crippen LogP contribution >= 0.6 is 0 Å². The average Bonchev–Trinajstić information content (AvgIpc) is 2.96. The van der Waals surface area contributed by atoms with Crippen LogP contribution in [0.5, 0.6) is 0 Å². The highest BCUT2D eigenvalue weighted by Crippen LogP contribution is 2.19. The van der Waals surface area contributed by atoms with Gasteiger partial charge in [0, 0.05) is 24.4 Å². The summed E-state index contributed by atoms with van der Waals surface area (Å²) in [5, 5.41) is 10.8. The number of ketones is 1. The van der Waals surface area contributed by atoms with Gasteiger partial charge in [-0.2, -0.15) is 0 Å². The Morgan fingerprint density at radius 1 is 0.952 bits per heavy atom. The van der Waals surface area contributed by atoms with Gasteiger partial charge in [0.15, 0.2) is 0 Å². The van der Waals surface area contributed by atoms with E-state index in [0.717, 1.165) is 12.0 Å². The maximum absolute atomic E-state index is 13.7. The zero-order chi connectivity index (χ0) is 30.3. The number of Topliss-reactive ketones (excluding diaryl/α,β-unsaturated/α-hetero) is 1. The third-order valence-corrected chi connectivity index (χ3v) is 6.85. The molecule has 3 aromatic rings. The minimum atomic E-state index is -1.27. The van der Waals surface area contributed by atoms with Gasteiger partial charge < -0.3 is 21.3 Å². The van der Waals surface area contributed by atoms with E-state index in [9.17, 15) is 24.0 Å². The Morgan fingerprint density at radius 2 is 1.64 bits per heavy atom. The molecule has 2 aromatic carbocycles. The Hall–Kier alpha value is -4.67. The molecule has 1 fully saturated rings. The summed E-state index contributed by atoms with van der Waals surface area (Å²) in [6, 6.07) is 13.8. The fraction of sp³-hybridized carbons (Fsp3) is 0.387. The lowest BCUT2D eigenvalue weighted by molar-refractivity contribution is -0.142. The normalized spacial score (nSPS) is 16.5. The molecule has 220 valence electrons. The Bertz CT molecular complexity index is 1470. The molecule has 3 atom stereocenters. The van der Waals surface area contributed by atoms with E-state index in [2.05, 4.69) is 31.2 Å². The number of nitrogens with one attached hydrogen (secondary N) is 4. The fourth-order valence-corrected chi connectivity index (χ4v) is 4.77. The van der Waals surface area contributed by atoms with Crippen molar-refractivity contribution in [3.8, 4) is 0 Å². The minimum Gasteiger partial charge on any atom is -0.356 e. The van der Waals surface area contributed by atoms with Gasteiger partial charge in [0.05, 0.1) is 23.3 Å². The van der Waals surface area contributed by atoms with Crippen LogP contribution in [0.3, 0.4) is 0 Å². The summed E-state index contributed by atoms with van der Waals surface area (Å²) < 4.78 is 0. The molecule has 0 saturated carbocycles. The first-order valence-corrected chi connectivity index (χ1v) is 14.0. The molecule has 1 aliphatic heterocycles. The molecule has 4 N–H and O–H groups in total. The lowest BCUT2D eigenvalue weighted by atomic mass is 9.89. The highest BCUT2D eigenvalue weighted by Gasteiger charge is 2.36. The van der Waals surface area contributed by atoms with E-state index < -0.39 is 47.0 Å². The molecule has 0 spiro atoms. The van der Waals surface area contributed by atoms with Gasteiger partial charge in [-0.05, 0) is 57.7 Å². The van der Waals surface area contributed by atoms with Crippen LogP contribution < -0.4 is 21.3 Å². The molecule has 1 aromatic heterocycles. The van der Waals surface area contributed by atoms with Crippen LogP contribution in [-0.2, 0) is 25.6 Å². The SMILES string of the molecule is CC(C)(C)NC(=O)C(=O)[C@H](C[C@@H]1CCCNC1=O)NC(=O)[C@H](Cc1ccccc1)NC(=O)c1cnc2ccccc2n1. The summed E-state index contributed by atoms with van der Waals surface area (Å²) in [4.78, 5) is 74.3. The molecule has 0 radical (unpaired) electrons. The standard InChI is InChI=1S/C31H36N6O5/c1-31(2,3)37-30(42)26(38)23(17-20-12-9-15-32-27(20)39)35-28(40)24(16-19-10-5-4-6-11-19)36-29(41)25-18-33-21-13-7-8-14-22(21)34-25/h4-8,10-11,13-14,18,20,23-24H,9,12,15-17H2,1-3H3,(H,32,39)(H,35,40)(H,36,41)(H,37,42)/t20-,23-,24-/m0/s1. The van der Waals surface area contributed by atoms with Crippen molar-refractivity contribution in [1.82, 2.24) is 31.2 Å². The largest absolute Gasteiger partial charge is 0.356 e. The topological polar surface area (TPSA) is 159 Å². The van der Waals surface area contributed by atoms with Crippen LogP contribution in [0.1, 0.15) is 56.1 Å². The lowest BCUT2D eigenvalue weighted by Gasteiger charge is -2.28. The second kappa shape index (κ2) is 13.3. The summed E-state index contributed by atoms with van der Waals surface area (Å²) in [7, 11) is 0. The predicted octanol–water partition coefficient (Wildman–Crippen LogP) is 1.86. The van der Waals surface area contributed by atoms with Crippen molar-refractivity contribution in [2.75, 3.05) is 6.54 Å². The Kier molecular flexibility index (Phi) is 9.61.